The molecule has 0 radical (unpaired) electrons. The van der Waals surface area contributed by atoms with Crippen LogP contribution in [0.4, 0.5) is 5.13 Å². The van der Waals surface area contributed by atoms with Gasteiger partial charge in [-0.2, -0.15) is 0 Å². The molecule has 1 amide bonds. The van der Waals surface area contributed by atoms with Crippen molar-refractivity contribution in [3.05, 3.63) is 11.1 Å². The minimum atomic E-state index is -0.179. The van der Waals surface area contributed by atoms with Crippen LogP contribution < -0.4 is 10.6 Å². The van der Waals surface area contributed by atoms with Crippen LogP contribution in [0.1, 0.15) is 12.1 Å². The molecule has 0 saturated carbocycles. The molecule has 0 spiro atoms. The van der Waals surface area contributed by atoms with Gasteiger partial charge in [-0.05, 0) is 6.92 Å². The zero-order chi connectivity index (χ0) is 14.5. The molecule has 6 nitrogen and oxygen atoms in total. The van der Waals surface area contributed by atoms with Crippen LogP contribution in [0.5, 0.6) is 0 Å². The maximum atomic E-state index is 12.1. The van der Waals surface area contributed by atoms with Crippen LogP contribution in [-0.4, -0.2) is 61.7 Å². The lowest BCUT2D eigenvalue weighted by molar-refractivity contribution is -0.133. The van der Waals surface area contributed by atoms with E-state index in [9.17, 15) is 4.79 Å². The van der Waals surface area contributed by atoms with Gasteiger partial charge in [-0.15, -0.1) is 11.3 Å². The van der Waals surface area contributed by atoms with E-state index >= 15 is 0 Å². The monoisotopic (exact) mass is 298 g/mol. The molecule has 0 aliphatic carbocycles. The van der Waals surface area contributed by atoms with Crippen LogP contribution in [0.3, 0.4) is 0 Å². The van der Waals surface area contributed by atoms with Crippen LogP contribution in [0, 0.1) is 6.92 Å². The van der Waals surface area contributed by atoms with Crippen LogP contribution in [0.25, 0.3) is 0 Å². The number of thiazole rings is 1. The Morgan fingerprint density at radius 3 is 2.70 bits per heavy atom. The van der Waals surface area contributed by atoms with E-state index in [2.05, 4.69) is 15.3 Å². The predicted molar refractivity (Wildman–Crippen MR) is 80.1 cm³/mol. The molecule has 2 heterocycles. The Labute approximate surface area is 123 Å². The summed E-state index contributed by atoms with van der Waals surface area (Å²) in [6.45, 7) is 5.51. The lowest BCUT2D eigenvalue weighted by Crippen LogP contribution is -2.49. The number of aromatic nitrogens is 1. The highest BCUT2D eigenvalue weighted by molar-refractivity contribution is 7.13. The van der Waals surface area contributed by atoms with E-state index in [4.69, 9.17) is 10.5 Å². The summed E-state index contributed by atoms with van der Waals surface area (Å²) in [5.41, 5.74) is 6.60. The Balaban J connectivity index is 1.83. The van der Waals surface area contributed by atoms with Gasteiger partial charge in [-0.3, -0.25) is 4.79 Å². The van der Waals surface area contributed by atoms with E-state index in [0.717, 1.165) is 37.0 Å². The molecule has 1 atom stereocenters. The molecule has 1 aliphatic heterocycles. The van der Waals surface area contributed by atoms with Gasteiger partial charge < -0.3 is 20.3 Å². The number of amides is 1. The van der Waals surface area contributed by atoms with Crippen molar-refractivity contribution in [1.82, 2.24) is 9.88 Å². The third kappa shape index (κ3) is 3.68. The number of hydrogen-bond donors (Lipinski definition) is 1. The first kappa shape index (κ1) is 15.2. The SMILES string of the molecule is COC(CN)CC(=O)N1CCN(c2nc(C)cs2)CC1. The molecule has 1 saturated heterocycles. The van der Waals surface area contributed by atoms with Crippen LogP contribution in [0.15, 0.2) is 5.38 Å². The van der Waals surface area contributed by atoms with Crippen LogP contribution in [-0.2, 0) is 9.53 Å². The number of carbonyl (C=O) groups excluding carboxylic acids is 1. The van der Waals surface area contributed by atoms with Crippen molar-refractivity contribution in [1.29, 1.82) is 0 Å². The summed E-state index contributed by atoms with van der Waals surface area (Å²) in [4.78, 5) is 20.7. The second-order valence-electron chi connectivity index (χ2n) is 4.94. The lowest BCUT2D eigenvalue weighted by Gasteiger charge is -2.35. The van der Waals surface area contributed by atoms with Gasteiger partial charge in [0.1, 0.15) is 0 Å². The third-order valence-corrected chi connectivity index (χ3v) is 4.53. The van der Waals surface area contributed by atoms with Gasteiger partial charge in [0.05, 0.1) is 18.2 Å². The van der Waals surface area contributed by atoms with E-state index in [0.29, 0.717) is 13.0 Å². The van der Waals surface area contributed by atoms with Crippen molar-refractivity contribution >= 4 is 22.4 Å². The molecule has 2 N–H and O–H groups in total. The molecule has 0 bridgehead atoms. The van der Waals surface area contributed by atoms with Crippen molar-refractivity contribution in [2.45, 2.75) is 19.4 Å². The molecule has 1 aliphatic rings. The van der Waals surface area contributed by atoms with Gasteiger partial charge in [0.2, 0.25) is 5.91 Å². The molecule has 1 aromatic rings. The highest BCUT2D eigenvalue weighted by atomic mass is 32.1. The minimum Gasteiger partial charge on any atom is -0.380 e. The van der Waals surface area contributed by atoms with E-state index in [-0.39, 0.29) is 12.0 Å². The molecular weight excluding hydrogens is 276 g/mol. The predicted octanol–water partition coefficient (Wildman–Crippen LogP) is 0.464. The number of hydrogen-bond acceptors (Lipinski definition) is 6. The number of carbonyl (C=O) groups is 1. The zero-order valence-corrected chi connectivity index (χ0v) is 12.9. The zero-order valence-electron chi connectivity index (χ0n) is 12.0. The Hall–Kier alpha value is -1.18. The molecule has 2 rings (SSSR count). The van der Waals surface area contributed by atoms with Crippen molar-refractivity contribution in [2.75, 3.05) is 44.7 Å². The maximum absolute atomic E-state index is 12.1. The number of ether oxygens (including phenoxy) is 1. The van der Waals surface area contributed by atoms with Gasteiger partial charge in [-0.1, -0.05) is 0 Å². The fraction of sp³-hybridized carbons (Fsp3) is 0.692. The molecule has 7 heteroatoms. The number of methoxy groups -OCH3 is 1. The average Bonchev–Trinajstić information content (AvgIpc) is 2.91. The quantitative estimate of drug-likeness (QED) is 0.855. The highest BCUT2D eigenvalue weighted by Crippen LogP contribution is 2.21. The topological polar surface area (TPSA) is 71.7 Å². The van der Waals surface area contributed by atoms with Gasteiger partial charge in [0.15, 0.2) is 5.13 Å². The van der Waals surface area contributed by atoms with Crippen molar-refractivity contribution in [3.8, 4) is 0 Å². The molecule has 20 heavy (non-hydrogen) atoms. The fourth-order valence-corrected chi connectivity index (χ4v) is 3.08. The number of aryl methyl sites for hydroxylation is 1. The Bertz CT molecular complexity index is 439. The van der Waals surface area contributed by atoms with Gasteiger partial charge in [-0.25, -0.2) is 4.98 Å². The second-order valence-corrected chi connectivity index (χ2v) is 5.77. The van der Waals surface area contributed by atoms with Gasteiger partial charge in [0.25, 0.3) is 0 Å². The summed E-state index contributed by atoms with van der Waals surface area (Å²) in [6, 6.07) is 0. The summed E-state index contributed by atoms with van der Waals surface area (Å²) in [7, 11) is 1.59. The number of rotatable bonds is 5. The standard InChI is InChI=1S/C13H22N4O2S/c1-10-9-20-13(15-10)17-5-3-16(4-6-17)12(18)7-11(8-14)19-2/h9,11H,3-8,14H2,1-2H3. The Morgan fingerprint density at radius 2 is 2.20 bits per heavy atom. The number of anilines is 1. The highest BCUT2D eigenvalue weighted by Gasteiger charge is 2.24. The van der Waals surface area contributed by atoms with Crippen LogP contribution in [0.2, 0.25) is 0 Å². The van der Waals surface area contributed by atoms with E-state index in [1.165, 1.54) is 0 Å². The summed E-state index contributed by atoms with van der Waals surface area (Å²) >= 11 is 1.66. The third-order valence-electron chi connectivity index (χ3n) is 3.51. The second kappa shape index (κ2) is 7.01. The molecule has 1 unspecified atom stereocenters. The van der Waals surface area contributed by atoms with Crippen molar-refractivity contribution in [3.63, 3.8) is 0 Å². The van der Waals surface area contributed by atoms with Gasteiger partial charge >= 0.3 is 0 Å². The Kier molecular flexibility index (Phi) is 5.33. The molecule has 0 aromatic carbocycles. The van der Waals surface area contributed by atoms with E-state index in [1.54, 1.807) is 18.4 Å². The molecule has 1 fully saturated rings. The molecule has 1 aromatic heterocycles. The smallest absolute Gasteiger partial charge is 0.225 e. The largest absolute Gasteiger partial charge is 0.380 e. The summed E-state index contributed by atoms with van der Waals surface area (Å²) in [6.07, 6.45) is 0.186. The first-order chi connectivity index (χ1) is 9.63. The number of nitrogens with two attached hydrogens (primary N) is 1. The van der Waals surface area contributed by atoms with E-state index in [1.807, 2.05) is 11.8 Å². The first-order valence-electron chi connectivity index (χ1n) is 6.81. The van der Waals surface area contributed by atoms with Crippen LogP contribution >= 0.6 is 11.3 Å². The summed E-state index contributed by atoms with van der Waals surface area (Å²) in [5, 5.41) is 3.10. The van der Waals surface area contributed by atoms with Crippen molar-refractivity contribution < 1.29 is 9.53 Å². The number of piperazine rings is 1. The first-order valence-corrected chi connectivity index (χ1v) is 7.69. The fourth-order valence-electron chi connectivity index (χ4n) is 2.22. The van der Waals surface area contributed by atoms with E-state index < -0.39 is 0 Å². The molecular formula is C13H22N4O2S. The lowest BCUT2D eigenvalue weighted by atomic mass is 10.2. The normalized spacial score (nSPS) is 17.4. The average molecular weight is 298 g/mol. The van der Waals surface area contributed by atoms with Crippen molar-refractivity contribution in [2.24, 2.45) is 5.73 Å². The minimum absolute atomic E-state index is 0.122. The summed E-state index contributed by atoms with van der Waals surface area (Å²) in [5.74, 6) is 0.122. The number of nitrogens with zero attached hydrogens (tertiary/aromatic N) is 3. The molecule has 112 valence electrons. The Morgan fingerprint density at radius 1 is 1.50 bits per heavy atom. The summed E-state index contributed by atoms with van der Waals surface area (Å²) < 4.78 is 5.16. The van der Waals surface area contributed by atoms with Gasteiger partial charge in [0, 0.05) is 45.2 Å². The maximum Gasteiger partial charge on any atom is 0.225 e.